The summed E-state index contributed by atoms with van der Waals surface area (Å²) in [6, 6.07) is 4.70. The van der Waals surface area contributed by atoms with E-state index in [0.717, 1.165) is 28.5 Å². The normalized spacial score (nSPS) is 15.2. The molecule has 1 heterocycles. The molecule has 1 fully saturated rings. The van der Waals surface area contributed by atoms with Gasteiger partial charge in [-0.2, -0.15) is 0 Å². The molecule has 0 atom stereocenters. The van der Waals surface area contributed by atoms with Crippen LogP contribution >= 0.6 is 11.3 Å². The van der Waals surface area contributed by atoms with Crippen molar-refractivity contribution in [1.82, 2.24) is 0 Å². The summed E-state index contributed by atoms with van der Waals surface area (Å²) >= 11 is 1.32. The summed E-state index contributed by atoms with van der Waals surface area (Å²) in [7, 11) is 1.38. The lowest BCUT2D eigenvalue weighted by Crippen LogP contribution is -2.01. The standard InChI is InChI=1S/C13H11FO2S/c1-16-13(15)12-11(7-2-3-7)9-5-4-8(14)6-10(9)17-12/h4-7H,2-3H2,1H3. The fourth-order valence-corrected chi connectivity index (χ4v) is 3.34. The fraction of sp³-hybridized carbons (Fsp3) is 0.308. The Hall–Kier alpha value is -1.42. The molecule has 17 heavy (non-hydrogen) atoms. The Bertz CT molecular complexity index is 599. The van der Waals surface area contributed by atoms with Crippen LogP contribution in [0.2, 0.25) is 0 Å². The van der Waals surface area contributed by atoms with Crippen molar-refractivity contribution < 1.29 is 13.9 Å². The minimum Gasteiger partial charge on any atom is -0.465 e. The predicted molar refractivity (Wildman–Crippen MR) is 65.1 cm³/mol. The third kappa shape index (κ3) is 1.72. The van der Waals surface area contributed by atoms with Crippen molar-refractivity contribution in [3.05, 3.63) is 34.5 Å². The maximum atomic E-state index is 13.2. The lowest BCUT2D eigenvalue weighted by molar-refractivity contribution is 0.0605. The molecule has 2 nitrogen and oxygen atoms in total. The van der Waals surface area contributed by atoms with Crippen LogP contribution in [0.25, 0.3) is 10.1 Å². The minimum atomic E-state index is -0.312. The summed E-state index contributed by atoms with van der Waals surface area (Å²) in [5.41, 5.74) is 1.05. The Kier molecular flexibility index (Phi) is 2.40. The van der Waals surface area contributed by atoms with Crippen LogP contribution in [0.5, 0.6) is 0 Å². The quantitative estimate of drug-likeness (QED) is 0.759. The van der Waals surface area contributed by atoms with Gasteiger partial charge in [0.15, 0.2) is 0 Å². The summed E-state index contributed by atoms with van der Waals surface area (Å²) in [5.74, 6) is -0.130. The molecule has 0 bridgehead atoms. The van der Waals surface area contributed by atoms with Gasteiger partial charge in [-0.05, 0) is 41.8 Å². The van der Waals surface area contributed by atoms with Gasteiger partial charge in [-0.25, -0.2) is 9.18 Å². The summed E-state index contributed by atoms with van der Waals surface area (Å²) in [4.78, 5) is 12.4. The van der Waals surface area contributed by atoms with Gasteiger partial charge in [0.1, 0.15) is 10.7 Å². The van der Waals surface area contributed by atoms with Crippen molar-refractivity contribution >= 4 is 27.4 Å². The summed E-state index contributed by atoms with van der Waals surface area (Å²) in [6.07, 6.45) is 2.21. The van der Waals surface area contributed by atoms with Crippen LogP contribution in [0.4, 0.5) is 4.39 Å². The molecule has 1 aliphatic rings. The maximum absolute atomic E-state index is 13.2. The molecule has 0 aliphatic heterocycles. The number of carbonyl (C=O) groups excluding carboxylic acids is 1. The Morgan fingerprint density at radius 2 is 2.24 bits per heavy atom. The molecule has 1 aliphatic carbocycles. The zero-order valence-corrected chi connectivity index (χ0v) is 10.1. The van der Waals surface area contributed by atoms with E-state index in [1.54, 1.807) is 6.07 Å². The molecule has 0 saturated heterocycles. The average Bonchev–Trinajstić information content (AvgIpc) is 3.09. The van der Waals surface area contributed by atoms with Gasteiger partial charge in [0, 0.05) is 4.70 Å². The second kappa shape index (κ2) is 3.81. The van der Waals surface area contributed by atoms with Crippen molar-refractivity contribution in [3.8, 4) is 0 Å². The number of halogens is 1. The number of ether oxygens (including phenoxy) is 1. The molecule has 3 rings (SSSR count). The second-order valence-electron chi connectivity index (χ2n) is 4.25. The van der Waals surface area contributed by atoms with Crippen molar-refractivity contribution in [2.45, 2.75) is 18.8 Å². The van der Waals surface area contributed by atoms with Gasteiger partial charge in [-0.3, -0.25) is 0 Å². The zero-order valence-electron chi connectivity index (χ0n) is 9.33. The van der Waals surface area contributed by atoms with Crippen LogP contribution in [-0.4, -0.2) is 13.1 Å². The van der Waals surface area contributed by atoms with Crippen LogP contribution < -0.4 is 0 Å². The van der Waals surface area contributed by atoms with E-state index in [1.165, 1.54) is 30.6 Å². The average molecular weight is 250 g/mol. The van der Waals surface area contributed by atoms with Crippen LogP contribution in [0.3, 0.4) is 0 Å². The van der Waals surface area contributed by atoms with Gasteiger partial charge in [0.25, 0.3) is 0 Å². The van der Waals surface area contributed by atoms with E-state index >= 15 is 0 Å². The van der Waals surface area contributed by atoms with Crippen LogP contribution in [0, 0.1) is 5.82 Å². The second-order valence-corrected chi connectivity index (χ2v) is 5.30. The predicted octanol–water partition coefficient (Wildman–Crippen LogP) is 3.70. The third-order valence-corrected chi connectivity index (χ3v) is 4.20. The van der Waals surface area contributed by atoms with Gasteiger partial charge >= 0.3 is 5.97 Å². The number of fused-ring (bicyclic) bond motifs is 1. The highest BCUT2D eigenvalue weighted by Crippen LogP contribution is 2.48. The molecule has 0 spiro atoms. The molecular weight excluding hydrogens is 239 g/mol. The highest BCUT2D eigenvalue weighted by Gasteiger charge is 2.32. The van der Waals surface area contributed by atoms with Gasteiger partial charge < -0.3 is 4.74 Å². The Morgan fingerprint density at radius 1 is 1.47 bits per heavy atom. The number of hydrogen-bond donors (Lipinski definition) is 0. The molecular formula is C13H11FO2S. The van der Waals surface area contributed by atoms with E-state index in [0.29, 0.717) is 10.8 Å². The van der Waals surface area contributed by atoms with Crippen molar-refractivity contribution in [2.75, 3.05) is 7.11 Å². The number of methoxy groups -OCH3 is 1. The monoisotopic (exact) mass is 250 g/mol. The number of carbonyl (C=O) groups is 1. The molecule has 0 N–H and O–H groups in total. The molecule has 4 heteroatoms. The number of hydrogen-bond acceptors (Lipinski definition) is 3. The summed E-state index contributed by atoms with van der Waals surface area (Å²) in [5, 5.41) is 0.999. The largest absolute Gasteiger partial charge is 0.465 e. The fourth-order valence-electron chi connectivity index (χ4n) is 2.11. The van der Waals surface area contributed by atoms with Crippen LogP contribution in [0.1, 0.15) is 34.0 Å². The van der Waals surface area contributed by atoms with Gasteiger partial charge in [0.05, 0.1) is 7.11 Å². The SMILES string of the molecule is COC(=O)c1sc2cc(F)ccc2c1C1CC1. The van der Waals surface area contributed by atoms with E-state index < -0.39 is 0 Å². The molecule has 1 aromatic heterocycles. The Balaban J connectivity index is 2.26. The first-order valence-corrected chi connectivity index (χ1v) is 6.32. The lowest BCUT2D eigenvalue weighted by Gasteiger charge is -2.00. The van der Waals surface area contributed by atoms with Crippen molar-refractivity contribution in [2.24, 2.45) is 0 Å². The van der Waals surface area contributed by atoms with Crippen LogP contribution in [0.15, 0.2) is 18.2 Å². The first-order chi connectivity index (χ1) is 8.20. The third-order valence-electron chi connectivity index (χ3n) is 3.05. The summed E-state index contributed by atoms with van der Waals surface area (Å²) < 4.78 is 18.8. The van der Waals surface area contributed by atoms with E-state index in [4.69, 9.17) is 4.74 Å². The molecule has 0 radical (unpaired) electrons. The van der Waals surface area contributed by atoms with Gasteiger partial charge in [0.2, 0.25) is 0 Å². The number of esters is 1. The molecule has 1 aromatic carbocycles. The van der Waals surface area contributed by atoms with Crippen molar-refractivity contribution in [1.29, 1.82) is 0 Å². The van der Waals surface area contributed by atoms with E-state index in [2.05, 4.69) is 0 Å². The number of rotatable bonds is 2. The molecule has 1 saturated carbocycles. The van der Waals surface area contributed by atoms with Gasteiger partial charge in [-0.1, -0.05) is 6.07 Å². The summed E-state index contributed by atoms with van der Waals surface area (Å²) in [6.45, 7) is 0. The number of benzene rings is 1. The van der Waals surface area contributed by atoms with Gasteiger partial charge in [-0.15, -0.1) is 11.3 Å². The van der Waals surface area contributed by atoms with Crippen molar-refractivity contribution in [3.63, 3.8) is 0 Å². The zero-order chi connectivity index (χ0) is 12.0. The molecule has 0 unspecified atom stereocenters. The highest BCUT2D eigenvalue weighted by molar-refractivity contribution is 7.21. The topological polar surface area (TPSA) is 26.3 Å². The maximum Gasteiger partial charge on any atom is 0.348 e. The smallest absolute Gasteiger partial charge is 0.348 e. The molecule has 0 amide bonds. The molecule has 88 valence electrons. The van der Waals surface area contributed by atoms with E-state index in [1.807, 2.05) is 0 Å². The Morgan fingerprint density at radius 3 is 2.88 bits per heavy atom. The van der Waals surface area contributed by atoms with E-state index in [-0.39, 0.29) is 11.8 Å². The van der Waals surface area contributed by atoms with E-state index in [9.17, 15) is 9.18 Å². The minimum absolute atomic E-state index is 0.266. The van der Waals surface area contributed by atoms with Crippen LogP contribution in [-0.2, 0) is 4.74 Å². The first kappa shape index (κ1) is 10.7. The first-order valence-electron chi connectivity index (χ1n) is 5.51. The number of thiophene rings is 1. The highest BCUT2D eigenvalue weighted by atomic mass is 32.1. The Labute approximate surface area is 102 Å². The molecule has 2 aromatic rings. The lowest BCUT2D eigenvalue weighted by atomic mass is 10.1.